The van der Waals surface area contributed by atoms with Gasteiger partial charge in [-0.1, -0.05) is 69.0 Å². The summed E-state index contributed by atoms with van der Waals surface area (Å²) in [5.41, 5.74) is 1.93. The molecule has 0 bridgehead atoms. The van der Waals surface area contributed by atoms with Gasteiger partial charge in [0, 0.05) is 10.9 Å². The second-order valence-electron chi connectivity index (χ2n) is 8.75. The molecule has 0 spiro atoms. The van der Waals surface area contributed by atoms with Gasteiger partial charge < -0.3 is 0 Å². The van der Waals surface area contributed by atoms with Crippen LogP contribution in [0.4, 0.5) is 13.2 Å². The lowest BCUT2D eigenvalue weighted by molar-refractivity contribution is 0.303. The first-order valence-electron chi connectivity index (χ1n) is 11.2. The number of hydrogen-bond donors (Lipinski definition) is 0. The van der Waals surface area contributed by atoms with Crippen LogP contribution in [0.1, 0.15) is 69.8 Å². The molecular weight excluding hydrogens is 381 g/mol. The summed E-state index contributed by atoms with van der Waals surface area (Å²) in [6, 6.07) is 13.0. The van der Waals surface area contributed by atoms with Gasteiger partial charge >= 0.3 is 0 Å². The Balaban J connectivity index is 1.52. The average molecular weight is 411 g/mol. The number of halogens is 3. The summed E-state index contributed by atoms with van der Waals surface area (Å²) in [6.45, 7) is 2.25. The van der Waals surface area contributed by atoms with Crippen molar-refractivity contribution >= 4 is 10.8 Å². The third kappa shape index (κ3) is 4.40. The zero-order chi connectivity index (χ0) is 21.1. The molecule has 0 aliphatic heterocycles. The molecule has 0 N–H and O–H groups in total. The highest BCUT2D eigenvalue weighted by Crippen LogP contribution is 2.39. The fourth-order valence-corrected chi connectivity index (χ4v) is 4.92. The Labute approximate surface area is 177 Å². The van der Waals surface area contributed by atoms with Gasteiger partial charge in [0.2, 0.25) is 0 Å². The minimum Gasteiger partial charge on any atom is -0.206 e. The molecule has 0 saturated heterocycles. The molecule has 3 aromatic carbocycles. The molecule has 3 aromatic rings. The fraction of sp³-hybridized carbons (Fsp3) is 0.407. The number of hydrogen-bond acceptors (Lipinski definition) is 0. The van der Waals surface area contributed by atoms with E-state index in [0.717, 1.165) is 23.4 Å². The molecule has 30 heavy (non-hydrogen) atoms. The quantitative estimate of drug-likeness (QED) is 0.356. The maximum Gasteiger partial charge on any atom is 0.159 e. The van der Waals surface area contributed by atoms with Crippen molar-refractivity contribution in [2.45, 2.75) is 64.2 Å². The zero-order valence-corrected chi connectivity index (χ0v) is 17.6. The van der Waals surface area contributed by atoms with E-state index in [4.69, 9.17) is 0 Å². The normalized spacial score (nSPS) is 19.3. The Morgan fingerprint density at radius 3 is 2.33 bits per heavy atom. The summed E-state index contributed by atoms with van der Waals surface area (Å²) in [7, 11) is 0. The van der Waals surface area contributed by atoms with Gasteiger partial charge in [-0.05, 0) is 66.2 Å². The molecule has 1 aliphatic carbocycles. The van der Waals surface area contributed by atoms with E-state index in [1.165, 1.54) is 63.0 Å². The van der Waals surface area contributed by atoms with Gasteiger partial charge in [-0.3, -0.25) is 0 Å². The van der Waals surface area contributed by atoms with Gasteiger partial charge in [-0.25, -0.2) is 13.2 Å². The lowest BCUT2D eigenvalue weighted by Gasteiger charge is -2.29. The monoisotopic (exact) mass is 410 g/mol. The number of rotatable bonds is 6. The first kappa shape index (κ1) is 21.0. The van der Waals surface area contributed by atoms with Crippen molar-refractivity contribution in [3.63, 3.8) is 0 Å². The van der Waals surface area contributed by atoms with Crippen molar-refractivity contribution in [1.29, 1.82) is 0 Å². The maximum absolute atomic E-state index is 15.1. The maximum atomic E-state index is 15.1. The SMILES string of the molecule is CCCCCC1CCC(c2ccc3c(F)c(-c4ccc(F)c(F)c4)ccc3c2)CC1. The minimum atomic E-state index is -0.965. The van der Waals surface area contributed by atoms with Crippen molar-refractivity contribution in [3.8, 4) is 11.1 Å². The molecule has 1 fully saturated rings. The second-order valence-corrected chi connectivity index (χ2v) is 8.75. The van der Waals surface area contributed by atoms with Crippen molar-refractivity contribution in [3.05, 3.63) is 71.5 Å². The molecule has 158 valence electrons. The Bertz CT molecular complexity index is 1020. The first-order chi connectivity index (χ1) is 14.6. The molecule has 4 rings (SSSR count). The lowest BCUT2D eigenvalue weighted by atomic mass is 9.76. The molecular formula is C27H29F3. The van der Waals surface area contributed by atoms with Crippen molar-refractivity contribution in [2.75, 3.05) is 0 Å². The average Bonchev–Trinajstić information content (AvgIpc) is 2.76. The van der Waals surface area contributed by atoms with Crippen LogP contribution in [-0.4, -0.2) is 0 Å². The van der Waals surface area contributed by atoms with E-state index < -0.39 is 11.6 Å². The fourth-order valence-electron chi connectivity index (χ4n) is 4.92. The van der Waals surface area contributed by atoms with Gasteiger partial charge in [0.1, 0.15) is 5.82 Å². The van der Waals surface area contributed by atoms with Crippen molar-refractivity contribution in [2.24, 2.45) is 5.92 Å². The largest absolute Gasteiger partial charge is 0.206 e. The third-order valence-corrected chi connectivity index (χ3v) is 6.74. The molecule has 0 aromatic heterocycles. The van der Waals surface area contributed by atoms with Crippen LogP contribution in [0, 0.1) is 23.4 Å². The molecule has 1 aliphatic rings. The summed E-state index contributed by atoms with van der Waals surface area (Å²) in [4.78, 5) is 0. The highest BCUT2D eigenvalue weighted by molar-refractivity contribution is 5.88. The van der Waals surface area contributed by atoms with E-state index in [9.17, 15) is 8.78 Å². The second kappa shape index (κ2) is 9.24. The highest BCUT2D eigenvalue weighted by atomic mass is 19.2. The molecule has 3 heteroatoms. The Kier molecular flexibility index (Phi) is 6.46. The number of benzene rings is 3. The van der Waals surface area contributed by atoms with E-state index in [1.807, 2.05) is 18.2 Å². The third-order valence-electron chi connectivity index (χ3n) is 6.74. The van der Waals surface area contributed by atoms with Crippen LogP contribution in [0.25, 0.3) is 21.9 Å². The van der Waals surface area contributed by atoms with Crippen molar-refractivity contribution in [1.82, 2.24) is 0 Å². The summed E-state index contributed by atoms with van der Waals surface area (Å²) < 4.78 is 42.0. The van der Waals surface area contributed by atoms with Crippen LogP contribution >= 0.6 is 0 Å². The highest BCUT2D eigenvalue weighted by Gasteiger charge is 2.22. The Morgan fingerprint density at radius 1 is 0.800 bits per heavy atom. The van der Waals surface area contributed by atoms with Gasteiger partial charge in [-0.15, -0.1) is 0 Å². The van der Waals surface area contributed by atoms with Gasteiger partial charge in [0.05, 0.1) is 0 Å². The van der Waals surface area contributed by atoms with E-state index in [1.54, 1.807) is 6.07 Å². The molecule has 0 amide bonds. The summed E-state index contributed by atoms with van der Waals surface area (Å²) in [5.74, 6) is -0.864. The Morgan fingerprint density at radius 2 is 1.60 bits per heavy atom. The predicted octanol–water partition coefficient (Wildman–Crippen LogP) is 8.78. The molecule has 0 unspecified atom stereocenters. The summed E-state index contributed by atoms with van der Waals surface area (Å²) in [5, 5.41) is 1.38. The van der Waals surface area contributed by atoms with E-state index >= 15 is 4.39 Å². The van der Waals surface area contributed by atoms with Crippen LogP contribution in [0.3, 0.4) is 0 Å². The van der Waals surface area contributed by atoms with Gasteiger partial charge in [-0.2, -0.15) is 0 Å². The lowest BCUT2D eigenvalue weighted by Crippen LogP contribution is -2.13. The van der Waals surface area contributed by atoms with Crippen LogP contribution in [0.5, 0.6) is 0 Å². The van der Waals surface area contributed by atoms with Crippen LogP contribution in [-0.2, 0) is 0 Å². The smallest absolute Gasteiger partial charge is 0.159 e. The topological polar surface area (TPSA) is 0 Å². The van der Waals surface area contributed by atoms with E-state index in [0.29, 0.717) is 22.4 Å². The van der Waals surface area contributed by atoms with Gasteiger partial charge in [0.25, 0.3) is 0 Å². The summed E-state index contributed by atoms with van der Waals surface area (Å²) in [6.07, 6.45) is 10.3. The predicted molar refractivity (Wildman–Crippen MR) is 118 cm³/mol. The molecule has 0 heterocycles. The number of unbranched alkanes of at least 4 members (excludes halogenated alkanes) is 2. The first-order valence-corrected chi connectivity index (χ1v) is 11.2. The zero-order valence-electron chi connectivity index (χ0n) is 17.6. The standard InChI is InChI=1S/C27H29F3/c1-2-3-4-5-18-6-8-19(9-7-18)20-10-13-23-21(16-20)11-14-24(27(23)30)22-12-15-25(28)26(29)17-22/h10-19H,2-9H2,1H3. The van der Waals surface area contributed by atoms with E-state index in [-0.39, 0.29) is 5.82 Å². The Hall–Kier alpha value is -2.29. The van der Waals surface area contributed by atoms with Crippen molar-refractivity contribution < 1.29 is 13.2 Å². The van der Waals surface area contributed by atoms with Crippen LogP contribution in [0.2, 0.25) is 0 Å². The number of fused-ring (bicyclic) bond motifs is 1. The molecule has 0 radical (unpaired) electrons. The van der Waals surface area contributed by atoms with Crippen LogP contribution in [0.15, 0.2) is 48.5 Å². The molecule has 1 saturated carbocycles. The van der Waals surface area contributed by atoms with Crippen LogP contribution < -0.4 is 0 Å². The summed E-state index contributed by atoms with van der Waals surface area (Å²) >= 11 is 0. The van der Waals surface area contributed by atoms with E-state index in [2.05, 4.69) is 13.0 Å². The minimum absolute atomic E-state index is 0.293. The molecule has 0 nitrogen and oxygen atoms in total. The molecule has 0 atom stereocenters. The van der Waals surface area contributed by atoms with Gasteiger partial charge in [0.15, 0.2) is 11.6 Å².